The van der Waals surface area contributed by atoms with Crippen molar-refractivity contribution >= 4 is 11.5 Å². The van der Waals surface area contributed by atoms with Crippen LogP contribution >= 0.6 is 11.5 Å². The number of nitrogens with two attached hydrogens (primary N) is 1. The first kappa shape index (κ1) is 10.3. The Balaban J connectivity index is 2.41. The summed E-state index contributed by atoms with van der Waals surface area (Å²) in [6, 6.07) is 6.21. The van der Waals surface area contributed by atoms with Gasteiger partial charge in [0.15, 0.2) is 0 Å². The van der Waals surface area contributed by atoms with Gasteiger partial charge in [-0.15, -0.1) is 5.10 Å². The lowest BCUT2D eigenvalue weighted by molar-refractivity contribution is 0.876. The van der Waals surface area contributed by atoms with Gasteiger partial charge in [-0.1, -0.05) is 28.3 Å². The van der Waals surface area contributed by atoms with E-state index in [9.17, 15) is 0 Å². The largest absolute Gasteiger partial charge is 0.320 e. The molecular formula is C11H13N3S. The average Bonchev–Trinajstić information content (AvgIpc) is 2.74. The summed E-state index contributed by atoms with van der Waals surface area (Å²) < 4.78 is 3.83. The molecule has 15 heavy (non-hydrogen) atoms. The van der Waals surface area contributed by atoms with E-state index in [1.54, 1.807) is 6.20 Å². The molecule has 0 aliphatic carbocycles. The second-order valence-electron chi connectivity index (χ2n) is 3.66. The van der Waals surface area contributed by atoms with Crippen LogP contribution in [0, 0.1) is 13.8 Å². The monoisotopic (exact) mass is 219 g/mol. The van der Waals surface area contributed by atoms with Crippen LogP contribution in [0.1, 0.15) is 27.6 Å². The molecule has 2 N–H and O–H groups in total. The second kappa shape index (κ2) is 4.08. The summed E-state index contributed by atoms with van der Waals surface area (Å²) in [7, 11) is 0. The van der Waals surface area contributed by atoms with E-state index in [0.29, 0.717) is 0 Å². The van der Waals surface area contributed by atoms with Gasteiger partial charge in [0, 0.05) is 0 Å². The Morgan fingerprint density at radius 3 is 2.80 bits per heavy atom. The molecule has 0 aliphatic heterocycles. The fraction of sp³-hybridized carbons (Fsp3) is 0.273. The van der Waals surface area contributed by atoms with Gasteiger partial charge >= 0.3 is 0 Å². The Morgan fingerprint density at radius 1 is 1.33 bits per heavy atom. The highest BCUT2D eigenvalue weighted by Gasteiger charge is 2.13. The Labute approximate surface area is 93.1 Å². The van der Waals surface area contributed by atoms with Crippen molar-refractivity contribution in [3.63, 3.8) is 0 Å². The lowest BCUT2D eigenvalue weighted by Gasteiger charge is -2.12. The van der Waals surface area contributed by atoms with Crippen molar-refractivity contribution in [2.75, 3.05) is 0 Å². The smallest absolute Gasteiger partial charge is 0.0681 e. The number of hydrogen-bond acceptors (Lipinski definition) is 4. The molecule has 0 bridgehead atoms. The van der Waals surface area contributed by atoms with Crippen molar-refractivity contribution in [3.05, 3.63) is 46.0 Å². The molecule has 1 heterocycles. The molecule has 4 heteroatoms. The van der Waals surface area contributed by atoms with E-state index in [-0.39, 0.29) is 6.04 Å². The van der Waals surface area contributed by atoms with E-state index in [4.69, 9.17) is 5.73 Å². The van der Waals surface area contributed by atoms with Gasteiger partial charge < -0.3 is 5.73 Å². The number of rotatable bonds is 2. The van der Waals surface area contributed by atoms with Crippen LogP contribution in [0.4, 0.5) is 0 Å². The van der Waals surface area contributed by atoms with Crippen molar-refractivity contribution in [1.82, 2.24) is 9.59 Å². The van der Waals surface area contributed by atoms with Crippen LogP contribution in [-0.4, -0.2) is 9.59 Å². The van der Waals surface area contributed by atoms with E-state index in [1.807, 2.05) is 0 Å². The highest BCUT2D eigenvalue weighted by Crippen LogP contribution is 2.24. The van der Waals surface area contributed by atoms with Gasteiger partial charge in [0.2, 0.25) is 0 Å². The van der Waals surface area contributed by atoms with Gasteiger partial charge in [0.05, 0.1) is 17.1 Å². The van der Waals surface area contributed by atoms with Crippen molar-refractivity contribution in [2.24, 2.45) is 5.73 Å². The van der Waals surface area contributed by atoms with Crippen LogP contribution in [0.25, 0.3) is 0 Å². The summed E-state index contributed by atoms with van der Waals surface area (Å²) >= 11 is 1.35. The molecule has 1 aromatic heterocycles. The third kappa shape index (κ3) is 2.06. The van der Waals surface area contributed by atoms with Gasteiger partial charge in [-0.25, -0.2) is 0 Å². The predicted octanol–water partition coefficient (Wildman–Crippen LogP) is 2.20. The van der Waals surface area contributed by atoms with Crippen LogP contribution in [0.15, 0.2) is 24.4 Å². The van der Waals surface area contributed by atoms with E-state index in [0.717, 1.165) is 10.4 Å². The highest BCUT2D eigenvalue weighted by atomic mass is 32.1. The summed E-state index contributed by atoms with van der Waals surface area (Å²) in [5, 5.41) is 3.81. The van der Waals surface area contributed by atoms with Crippen LogP contribution in [0.5, 0.6) is 0 Å². The fourth-order valence-electron chi connectivity index (χ4n) is 1.56. The molecule has 0 spiro atoms. The molecule has 78 valence electrons. The van der Waals surface area contributed by atoms with Crippen LogP contribution in [0.2, 0.25) is 0 Å². The predicted molar refractivity (Wildman–Crippen MR) is 61.9 cm³/mol. The molecular weight excluding hydrogens is 206 g/mol. The van der Waals surface area contributed by atoms with Crippen molar-refractivity contribution in [2.45, 2.75) is 19.9 Å². The number of hydrogen-bond donors (Lipinski definition) is 1. The summed E-state index contributed by atoms with van der Waals surface area (Å²) in [6.45, 7) is 4.14. The molecule has 0 radical (unpaired) electrons. The van der Waals surface area contributed by atoms with Crippen LogP contribution in [0.3, 0.4) is 0 Å². The second-order valence-corrected chi connectivity index (χ2v) is 4.47. The topological polar surface area (TPSA) is 51.8 Å². The standard InChI is InChI=1S/C11H13N3S/c1-7-3-4-8(2)9(5-7)11(12)10-6-13-14-15-10/h3-6,11H,12H2,1-2H3. The fourth-order valence-corrected chi connectivity index (χ4v) is 2.08. The zero-order valence-corrected chi connectivity index (χ0v) is 9.58. The third-order valence-electron chi connectivity index (χ3n) is 2.45. The van der Waals surface area contributed by atoms with Crippen molar-refractivity contribution in [3.8, 4) is 0 Å². The summed E-state index contributed by atoms with van der Waals surface area (Å²) in [5.41, 5.74) is 9.75. The first-order valence-corrected chi connectivity index (χ1v) is 5.56. The van der Waals surface area contributed by atoms with Crippen LogP contribution < -0.4 is 5.73 Å². The molecule has 1 unspecified atom stereocenters. The minimum absolute atomic E-state index is 0.107. The Morgan fingerprint density at radius 2 is 2.13 bits per heavy atom. The molecule has 0 amide bonds. The number of aryl methyl sites for hydroxylation is 2. The van der Waals surface area contributed by atoms with Crippen molar-refractivity contribution < 1.29 is 0 Å². The SMILES string of the molecule is Cc1ccc(C)c(C(N)c2cnns2)c1. The third-order valence-corrected chi connectivity index (χ3v) is 3.20. The maximum absolute atomic E-state index is 6.16. The Hall–Kier alpha value is -1.26. The molecule has 2 aromatic rings. The number of benzene rings is 1. The maximum Gasteiger partial charge on any atom is 0.0681 e. The summed E-state index contributed by atoms with van der Waals surface area (Å²) in [4.78, 5) is 1.00. The molecule has 0 saturated heterocycles. The molecule has 1 atom stereocenters. The Bertz CT molecular complexity index is 451. The van der Waals surface area contributed by atoms with Gasteiger partial charge in [0.25, 0.3) is 0 Å². The first-order chi connectivity index (χ1) is 7.18. The summed E-state index contributed by atoms with van der Waals surface area (Å²) in [6.07, 6.45) is 1.73. The molecule has 2 rings (SSSR count). The zero-order valence-electron chi connectivity index (χ0n) is 8.77. The van der Waals surface area contributed by atoms with Crippen molar-refractivity contribution in [1.29, 1.82) is 0 Å². The Kier molecular flexibility index (Phi) is 2.79. The minimum Gasteiger partial charge on any atom is -0.320 e. The highest BCUT2D eigenvalue weighted by molar-refractivity contribution is 7.05. The quantitative estimate of drug-likeness (QED) is 0.842. The van der Waals surface area contributed by atoms with Crippen LogP contribution in [-0.2, 0) is 0 Å². The lowest BCUT2D eigenvalue weighted by atomic mass is 9.99. The van der Waals surface area contributed by atoms with Gasteiger partial charge in [0.1, 0.15) is 0 Å². The minimum atomic E-state index is -0.107. The molecule has 1 aromatic carbocycles. The van der Waals surface area contributed by atoms with Gasteiger partial charge in [-0.3, -0.25) is 0 Å². The van der Waals surface area contributed by atoms with E-state index in [1.165, 1.54) is 22.7 Å². The molecule has 3 nitrogen and oxygen atoms in total. The lowest BCUT2D eigenvalue weighted by Crippen LogP contribution is -2.12. The first-order valence-electron chi connectivity index (χ1n) is 4.78. The zero-order chi connectivity index (χ0) is 10.8. The number of nitrogens with zero attached hydrogens (tertiary/aromatic N) is 2. The normalized spacial score (nSPS) is 12.7. The van der Waals surface area contributed by atoms with E-state index in [2.05, 4.69) is 41.6 Å². The molecule has 0 saturated carbocycles. The van der Waals surface area contributed by atoms with Gasteiger partial charge in [-0.05, 0) is 36.5 Å². The summed E-state index contributed by atoms with van der Waals surface area (Å²) in [5.74, 6) is 0. The maximum atomic E-state index is 6.16. The molecule has 0 aliphatic rings. The van der Waals surface area contributed by atoms with Gasteiger partial charge in [-0.2, -0.15) is 0 Å². The average molecular weight is 219 g/mol. The molecule has 0 fully saturated rings. The van der Waals surface area contributed by atoms with E-state index < -0.39 is 0 Å². The van der Waals surface area contributed by atoms with E-state index >= 15 is 0 Å². The number of aromatic nitrogens is 2.